The summed E-state index contributed by atoms with van der Waals surface area (Å²) in [6, 6.07) is 6.17. The first-order valence-electron chi connectivity index (χ1n) is 5.59. The summed E-state index contributed by atoms with van der Waals surface area (Å²) in [4.78, 5) is 4.83. The minimum absolute atomic E-state index is 0.308. The number of hydrogen-bond donors (Lipinski definition) is 1. The maximum absolute atomic E-state index is 13.1. The Hall–Kier alpha value is -1.61. The van der Waals surface area contributed by atoms with Crippen molar-refractivity contribution in [1.29, 1.82) is 0 Å². The molecule has 0 fully saturated rings. The van der Waals surface area contributed by atoms with Gasteiger partial charge < -0.3 is 4.84 Å². The molecule has 3 heteroatoms. The van der Waals surface area contributed by atoms with Crippen LogP contribution in [0.15, 0.2) is 42.0 Å². The number of allylic oxidation sites excluding steroid dienone is 3. The molecule has 1 rings (SSSR count). The van der Waals surface area contributed by atoms with Crippen LogP contribution >= 0.6 is 0 Å². The minimum Gasteiger partial charge on any atom is -0.411 e. The summed E-state index contributed by atoms with van der Waals surface area (Å²) in [5.41, 5.74) is 1.72. The van der Waals surface area contributed by atoms with E-state index >= 15 is 0 Å². The van der Waals surface area contributed by atoms with Crippen LogP contribution in [0.4, 0.5) is 4.39 Å². The zero-order valence-electron chi connectivity index (χ0n) is 10.4. The van der Waals surface area contributed by atoms with Gasteiger partial charge in [0.1, 0.15) is 5.82 Å². The van der Waals surface area contributed by atoms with Gasteiger partial charge in [-0.2, -0.15) is 5.90 Å². The Morgan fingerprint density at radius 2 is 2.12 bits per heavy atom. The SMILES string of the molecule is C/C=C(\C=C(/ON)c1cccc(F)c1)C(C)C. The van der Waals surface area contributed by atoms with Crippen molar-refractivity contribution in [2.45, 2.75) is 20.8 Å². The average Bonchev–Trinajstić information content (AvgIpc) is 2.30. The first-order valence-corrected chi connectivity index (χ1v) is 5.59. The molecular formula is C14H18FNO. The number of benzene rings is 1. The summed E-state index contributed by atoms with van der Waals surface area (Å²) in [6.45, 7) is 6.10. The van der Waals surface area contributed by atoms with E-state index in [2.05, 4.69) is 13.8 Å². The van der Waals surface area contributed by atoms with Crippen molar-refractivity contribution in [3.05, 3.63) is 53.4 Å². The molecule has 1 aromatic rings. The fourth-order valence-corrected chi connectivity index (χ4v) is 1.56. The van der Waals surface area contributed by atoms with E-state index in [1.165, 1.54) is 12.1 Å². The Balaban J connectivity index is 3.11. The molecule has 2 nitrogen and oxygen atoms in total. The van der Waals surface area contributed by atoms with Gasteiger partial charge in [-0.25, -0.2) is 4.39 Å². The fourth-order valence-electron chi connectivity index (χ4n) is 1.56. The zero-order chi connectivity index (χ0) is 12.8. The van der Waals surface area contributed by atoms with Gasteiger partial charge in [0.2, 0.25) is 0 Å². The quantitative estimate of drug-likeness (QED) is 0.491. The van der Waals surface area contributed by atoms with Crippen LogP contribution in [0.2, 0.25) is 0 Å². The molecular weight excluding hydrogens is 217 g/mol. The maximum Gasteiger partial charge on any atom is 0.154 e. The van der Waals surface area contributed by atoms with E-state index in [1.807, 2.05) is 19.1 Å². The van der Waals surface area contributed by atoms with Gasteiger partial charge >= 0.3 is 0 Å². The highest BCUT2D eigenvalue weighted by Crippen LogP contribution is 2.20. The lowest BCUT2D eigenvalue weighted by Gasteiger charge is -2.10. The van der Waals surface area contributed by atoms with E-state index in [9.17, 15) is 4.39 Å². The molecule has 0 saturated heterocycles. The Morgan fingerprint density at radius 1 is 1.41 bits per heavy atom. The van der Waals surface area contributed by atoms with E-state index in [0.29, 0.717) is 17.2 Å². The lowest BCUT2D eigenvalue weighted by Crippen LogP contribution is -2.01. The van der Waals surface area contributed by atoms with E-state index < -0.39 is 0 Å². The van der Waals surface area contributed by atoms with Crippen LogP contribution in [0, 0.1) is 11.7 Å². The summed E-state index contributed by atoms with van der Waals surface area (Å²) in [5.74, 6) is 5.76. The third-order valence-electron chi connectivity index (χ3n) is 2.53. The van der Waals surface area contributed by atoms with Gasteiger partial charge in [-0.1, -0.05) is 32.1 Å². The van der Waals surface area contributed by atoms with Gasteiger partial charge in [-0.15, -0.1) is 0 Å². The van der Waals surface area contributed by atoms with Crippen LogP contribution in [0.5, 0.6) is 0 Å². The van der Waals surface area contributed by atoms with Gasteiger partial charge in [0.05, 0.1) is 0 Å². The van der Waals surface area contributed by atoms with Gasteiger partial charge in [-0.05, 0) is 36.6 Å². The van der Waals surface area contributed by atoms with Crippen LogP contribution in [0.1, 0.15) is 26.3 Å². The summed E-state index contributed by atoms with van der Waals surface area (Å²) in [6.07, 6.45) is 3.82. The predicted molar refractivity (Wildman–Crippen MR) is 68.2 cm³/mol. The van der Waals surface area contributed by atoms with E-state index in [-0.39, 0.29) is 5.82 Å². The van der Waals surface area contributed by atoms with Crippen LogP contribution in [-0.4, -0.2) is 0 Å². The zero-order valence-corrected chi connectivity index (χ0v) is 10.4. The summed E-state index contributed by atoms with van der Waals surface area (Å²) >= 11 is 0. The van der Waals surface area contributed by atoms with Crippen LogP contribution in [0.3, 0.4) is 0 Å². The smallest absolute Gasteiger partial charge is 0.154 e. The Labute approximate surface area is 102 Å². The van der Waals surface area contributed by atoms with Crippen molar-refractivity contribution in [3.63, 3.8) is 0 Å². The van der Waals surface area contributed by atoms with E-state index in [4.69, 9.17) is 10.7 Å². The Bertz CT molecular complexity index is 436. The highest BCUT2D eigenvalue weighted by atomic mass is 19.1. The molecule has 2 N–H and O–H groups in total. The lowest BCUT2D eigenvalue weighted by atomic mass is 10.0. The number of rotatable bonds is 4. The molecule has 0 spiro atoms. The van der Waals surface area contributed by atoms with Crippen LogP contribution in [0.25, 0.3) is 5.76 Å². The molecule has 0 bridgehead atoms. The third kappa shape index (κ3) is 3.71. The molecule has 0 heterocycles. The standard InChI is InChI=1S/C14H18FNO/c1-4-11(10(2)3)9-14(17-16)12-6-5-7-13(15)8-12/h4-10H,16H2,1-3H3/b11-4+,14-9-. The molecule has 0 aliphatic carbocycles. The molecule has 0 aliphatic heterocycles. The van der Waals surface area contributed by atoms with Gasteiger partial charge in [-0.3, -0.25) is 0 Å². The highest BCUT2D eigenvalue weighted by Gasteiger charge is 2.06. The first-order chi connectivity index (χ1) is 8.08. The summed E-state index contributed by atoms with van der Waals surface area (Å²) in [5, 5.41) is 0. The first kappa shape index (κ1) is 13.5. The number of hydrogen-bond acceptors (Lipinski definition) is 2. The van der Waals surface area contributed by atoms with Gasteiger partial charge in [0.25, 0.3) is 0 Å². The molecule has 17 heavy (non-hydrogen) atoms. The van der Waals surface area contributed by atoms with Crippen molar-refractivity contribution in [1.82, 2.24) is 0 Å². The fraction of sp³-hybridized carbons (Fsp3) is 0.286. The second kappa shape index (κ2) is 6.21. The van der Waals surface area contributed by atoms with E-state index in [1.54, 1.807) is 12.1 Å². The summed E-state index contributed by atoms with van der Waals surface area (Å²) in [7, 11) is 0. The molecule has 0 amide bonds. The average molecular weight is 235 g/mol. The molecule has 0 atom stereocenters. The summed E-state index contributed by atoms with van der Waals surface area (Å²) < 4.78 is 13.1. The monoisotopic (exact) mass is 235 g/mol. The highest BCUT2D eigenvalue weighted by molar-refractivity contribution is 5.62. The number of nitrogens with two attached hydrogens (primary N) is 1. The normalized spacial score (nSPS) is 13.1. The van der Waals surface area contributed by atoms with Gasteiger partial charge in [0, 0.05) is 5.56 Å². The molecule has 92 valence electrons. The van der Waals surface area contributed by atoms with Crippen molar-refractivity contribution in [2.24, 2.45) is 11.8 Å². The molecule has 1 aromatic carbocycles. The molecule has 0 aromatic heterocycles. The second-order valence-electron chi connectivity index (χ2n) is 4.08. The van der Waals surface area contributed by atoms with Crippen molar-refractivity contribution in [2.75, 3.05) is 0 Å². The molecule has 0 aliphatic rings. The molecule has 0 unspecified atom stereocenters. The van der Waals surface area contributed by atoms with Crippen LogP contribution in [-0.2, 0) is 4.84 Å². The third-order valence-corrected chi connectivity index (χ3v) is 2.53. The maximum atomic E-state index is 13.1. The second-order valence-corrected chi connectivity index (χ2v) is 4.08. The Morgan fingerprint density at radius 3 is 2.59 bits per heavy atom. The topological polar surface area (TPSA) is 35.2 Å². The van der Waals surface area contributed by atoms with Crippen molar-refractivity contribution < 1.29 is 9.23 Å². The molecule has 0 saturated carbocycles. The largest absolute Gasteiger partial charge is 0.411 e. The molecule has 0 radical (unpaired) electrons. The number of halogens is 1. The minimum atomic E-state index is -0.308. The van der Waals surface area contributed by atoms with Crippen molar-refractivity contribution >= 4 is 5.76 Å². The Kier molecular flexibility index (Phi) is 4.91. The predicted octanol–water partition coefficient (Wildman–Crippen LogP) is 3.66. The van der Waals surface area contributed by atoms with E-state index in [0.717, 1.165) is 5.57 Å². The van der Waals surface area contributed by atoms with Crippen LogP contribution < -0.4 is 5.90 Å². The van der Waals surface area contributed by atoms with Gasteiger partial charge in [0.15, 0.2) is 5.76 Å². The van der Waals surface area contributed by atoms with Crippen molar-refractivity contribution in [3.8, 4) is 0 Å². The lowest BCUT2D eigenvalue weighted by molar-refractivity contribution is 0.290.